The van der Waals surface area contributed by atoms with Crippen LogP contribution in [0.2, 0.25) is 0 Å². The molecule has 0 saturated carbocycles. The molecule has 0 radical (unpaired) electrons. The number of nitrogens with zero attached hydrogens (tertiary/aromatic N) is 3. The fraction of sp³-hybridized carbons (Fsp3) is 0.444. The summed E-state index contributed by atoms with van der Waals surface area (Å²) in [5.41, 5.74) is 2.58. The van der Waals surface area contributed by atoms with Gasteiger partial charge in [-0.2, -0.15) is 5.10 Å². The van der Waals surface area contributed by atoms with E-state index in [2.05, 4.69) is 38.1 Å². The van der Waals surface area contributed by atoms with Gasteiger partial charge in [0.15, 0.2) is 5.69 Å². The largest absolute Gasteiger partial charge is 0.497 e. The molecule has 1 aliphatic heterocycles. The van der Waals surface area contributed by atoms with Crippen LogP contribution in [0.4, 0.5) is 0 Å². The number of rotatable bonds is 5. The third kappa shape index (κ3) is 3.72. The highest BCUT2D eigenvalue weighted by Crippen LogP contribution is 2.29. The summed E-state index contributed by atoms with van der Waals surface area (Å²) in [7, 11) is 3.04. The number of hydrogen-bond donors (Lipinski definition) is 0. The standard InChI is InChI=1S/C18H22BrN3O3/c1-12-16(19)17(18(23)25-3)20-22(12)11-21-9-8-14(10-21)13-4-6-15(24-2)7-5-13/h4-7,14H,8-11H2,1-3H3. The zero-order chi connectivity index (χ0) is 18.0. The number of carbonyl (C=O) groups is 1. The van der Waals surface area contributed by atoms with Crippen LogP contribution in [-0.2, 0) is 11.4 Å². The summed E-state index contributed by atoms with van der Waals surface area (Å²) in [4.78, 5) is 14.1. The predicted octanol–water partition coefficient (Wildman–Crippen LogP) is 3.20. The van der Waals surface area contributed by atoms with Crippen LogP contribution in [0, 0.1) is 6.92 Å². The molecular weight excluding hydrogens is 386 g/mol. The van der Waals surface area contributed by atoms with E-state index in [0.717, 1.165) is 31.0 Å². The molecule has 1 aliphatic rings. The minimum atomic E-state index is -0.425. The molecule has 2 aromatic rings. The molecule has 134 valence electrons. The van der Waals surface area contributed by atoms with Crippen LogP contribution >= 0.6 is 15.9 Å². The van der Waals surface area contributed by atoms with E-state index >= 15 is 0 Å². The van der Waals surface area contributed by atoms with E-state index < -0.39 is 5.97 Å². The van der Waals surface area contributed by atoms with Gasteiger partial charge in [-0.15, -0.1) is 0 Å². The third-order valence-electron chi connectivity index (χ3n) is 4.71. The molecule has 2 heterocycles. The summed E-state index contributed by atoms with van der Waals surface area (Å²) >= 11 is 3.44. The van der Waals surface area contributed by atoms with Crippen molar-refractivity contribution < 1.29 is 14.3 Å². The Balaban J connectivity index is 1.68. The topological polar surface area (TPSA) is 56.6 Å². The molecule has 25 heavy (non-hydrogen) atoms. The van der Waals surface area contributed by atoms with Gasteiger partial charge >= 0.3 is 5.97 Å². The average Bonchev–Trinajstić information content (AvgIpc) is 3.21. The van der Waals surface area contributed by atoms with Crippen molar-refractivity contribution in [2.24, 2.45) is 0 Å². The second kappa shape index (κ2) is 7.58. The highest BCUT2D eigenvalue weighted by molar-refractivity contribution is 9.10. The molecule has 6 nitrogen and oxygen atoms in total. The van der Waals surface area contributed by atoms with Gasteiger partial charge in [0.25, 0.3) is 0 Å². The second-order valence-corrected chi connectivity index (χ2v) is 7.01. The lowest BCUT2D eigenvalue weighted by atomic mass is 9.98. The molecule has 0 aliphatic carbocycles. The number of halogens is 1. The van der Waals surface area contributed by atoms with E-state index in [1.165, 1.54) is 12.7 Å². The fourth-order valence-electron chi connectivity index (χ4n) is 3.19. The van der Waals surface area contributed by atoms with Gasteiger partial charge in [0.1, 0.15) is 5.75 Å². The Labute approximate surface area is 155 Å². The minimum absolute atomic E-state index is 0.325. The molecular formula is C18H22BrN3O3. The van der Waals surface area contributed by atoms with Gasteiger partial charge in [0.05, 0.1) is 31.1 Å². The first kappa shape index (κ1) is 17.9. The van der Waals surface area contributed by atoms with Gasteiger partial charge in [0, 0.05) is 13.1 Å². The third-order valence-corrected chi connectivity index (χ3v) is 5.66. The highest BCUT2D eigenvalue weighted by Gasteiger charge is 2.26. The number of benzene rings is 1. The van der Waals surface area contributed by atoms with Crippen molar-refractivity contribution in [3.05, 3.63) is 45.7 Å². The molecule has 1 unspecified atom stereocenters. The summed E-state index contributed by atoms with van der Waals surface area (Å²) in [5, 5.41) is 4.40. The summed E-state index contributed by atoms with van der Waals surface area (Å²) in [5.74, 6) is 0.961. The van der Waals surface area contributed by atoms with Crippen molar-refractivity contribution in [3.8, 4) is 5.75 Å². The Morgan fingerprint density at radius 1 is 1.32 bits per heavy atom. The Morgan fingerprint density at radius 3 is 2.68 bits per heavy atom. The Morgan fingerprint density at radius 2 is 2.04 bits per heavy atom. The van der Waals surface area contributed by atoms with Crippen molar-refractivity contribution in [3.63, 3.8) is 0 Å². The Kier molecular flexibility index (Phi) is 5.44. The van der Waals surface area contributed by atoms with Crippen molar-refractivity contribution in [1.29, 1.82) is 0 Å². The summed E-state index contributed by atoms with van der Waals surface area (Å²) in [6.07, 6.45) is 1.11. The van der Waals surface area contributed by atoms with Crippen LogP contribution < -0.4 is 4.74 Å². The summed E-state index contributed by atoms with van der Waals surface area (Å²) < 4.78 is 12.6. The molecule has 1 saturated heterocycles. The van der Waals surface area contributed by atoms with Gasteiger partial charge in [-0.3, -0.25) is 9.58 Å². The lowest BCUT2D eigenvalue weighted by Gasteiger charge is -2.17. The second-order valence-electron chi connectivity index (χ2n) is 6.22. The first-order valence-corrected chi connectivity index (χ1v) is 9.00. The molecule has 0 amide bonds. The van der Waals surface area contributed by atoms with Gasteiger partial charge in [-0.1, -0.05) is 12.1 Å². The molecule has 3 rings (SSSR count). The van der Waals surface area contributed by atoms with Crippen LogP contribution in [0.15, 0.2) is 28.7 Å². The van der Waals surface area contributed by atoms with Crippen LogP contribution in [0.3, 0.4) is 0 Å². The lowest BCUT2D eigenvalue weighted by molar-refractivity contribution is 0.0591. The predicted molar refractivity (Wildman–Crippen MR) is 97.9 cm³/mol. The van der Waals surface area contributed by atoms with E-state index in [4.69, 9.17) is 9.47 Å². The number of likely N-dealkylation sites (tertiary alicyclic amines) is 1. The first-order valence-electron chi connectivity index (χ1n) is 8.21. The molecule has 1 fully saturated rings. The van der Waals surface area contributed by atoms with Crippen molar-refractivity contribution >= 4 is 21.9 Å². The number of carbonyl (C=O) groups excluding carboxylic acids is 1. The molecule has 1 aromatic carbocycles. The van der Waals surface area contributed by atoms with Crippen LogP contribution in [0.25, 0.3) is 0 Å². The van der Waals surface area contributed by atoms with E-state index in [-0.39, 0.29) is 0 Å². The maximum Gasteiger partial charge on any atom is 0.359 e. The minimum Gasteiger partial charge on any atom is -0.497 e. The first-order chi connectivity index (χ1) is 12.0. The van der Waals surface area contributed by atoms with Gasteiger partial charge in [-0.25, -0.2) is 4.79 Å². The molecule has 0 spiro atoms. The van der Waals surface area contributed by atoms with Crippen LogP contribution in [0.5, 0.6) is 5.75 Å². The van der Waals surface area contributed by atoms with Gasteiger partial charge in [-0.05, 0) is 52.9 Å². The van der Waals surface area contributed by atoms with E-state index in [1.807, 2.05) is 23.7 Å². The zero-order valence-corrected chi connectivity index (χ0v) is 16.2. The van der Waals surface area contributed by atoms with Crippen molar-refractivity contribution in [2.45, 2.75) is 25.9 Å². The zero-order valence-electron chi connectivity index (χ0n) is 14.7. The molecule has 1 aromatic heterocycles. The fourth-order valence-corrected chi connectivity index (χ4v) is 3.63. The number of ether oxygens (including phenoxy) is 2. The normalized spacial score (nSPS) is 17.7. The monoisotopic (exact) mass is 407 g/mol. The average molecular weight is 408 g/mol. The number of esters is 1. The van der Waals surface area contributed by atoms with E-state index in [0.29, 0.717) is 22.8 Å². The van der Waals surface area contributed by atoms with Crippen LogP contribution in [0.1, 0.15) is 34.1 Å². The molecule has 7 heteroatoms. The number of aromatic nitrogens is 2. The highest BCUT2D eigenvalue weighted by atomic mass is 79.9. The summed E-state index contributed by atoms with van der Waals surface area (Å²) in [6.45, 7) is 4.58. The van der Waals surface area contributed by atoms with Crippen molar-refractivity contribution in [2.75, 3.05) is 27.3 Å². The molecule has 1 atom stereocenters. The van der Waals surface area contributed by atoms with Gasteiger partial charge in [0.2, 0.25) is 0 Å². The summed E-state index contributed by atoms with van der Waals surface area (Å²) in [6, 6.07) is 8.29. The van der Waals surface area contributed by atoms with Gasteiger partial charge < -0.3 is 9.47 Å². The Bertz CT molecular complexity index is 758. The number of hydrogen-bond acceptors (Lipinski definition) is 5. The van der Waals surface area contributed by atoms with Crippen molar-refractivity contribution in [1.82, 2.24) is 14.7 Å². The smallest absolute Gasteiger partial charge is 0.359 e. The Hall–Kier alpha value is -1.86. The van der Waals surface area contributed by atoms with Crippen LogP contribution in [-0.4, -0.2) is 48.0 Å². The van der Waals surface area contributed by atoms with E-state index in [1.54, 1.807) is 7.11 Å². The quantitative estimate of drug-likeness (QED) is 0.712. The lowest BCUT2D eigenvalue weighted by Crippen LogP contribution is -2.25. The maximum absolute atomic E-state index is 11.8. The molecule has 0 bridgehead atoms. The van der Waals surface area contributed by atoms with E-state index in [9.17, 15) is 4.79 Å². The SMILES string of the molecule is COC(=O)c1nn(CN2CCC(c3ccc(OC)cc3)C2)c(C)c1Br. The maximum atomic E-state index is 11.8. The number of methoxy groups -OCH3 is 2. The molecule has 0 N–H and O–H groups in total.